The van der Waals surface area contributed by atoms with Crippen molar-refractivity contribution in [3.05, 3.63) is 59.8 Å². The number of thioether (sulfide) groups is 1. The lowest BCUT2D eigenvalue weighted by atomic mass is 10.2. The van der Waals surface area contributed by atoms with Crippen LogP contribution in [-0.2, 0) is 14.3 Å². The first-order chi connectivity index (χ1) is 13.9. The van der Waals surface area contributed by atoms with Crippen LogP contribution in [0.15, 0.2) is 64.7 Å². The molecule has 0 N–H and O–H groups in total. The zero-order chi connectivity index (χ0) is 21.0. The average Bonchev–Trinajstić information content (AvgIpc) is 3.17. The molecule has 0 radical (unpaired) electrons. The van der Waals surface area contributed by atoms with Crippen LogP contribution in [0.4, 0.5) is 5.69 Å². The summed E-state index contributed by atoms with van der Waals surface area (Å²) in [5.41, 5.74) is 1.70. The Hall–Kier alpha value is -2.58. The van der Waals surface area contributed by atoms with Gasteiger partial charge in [0.1, 0.15) is 5.70 Å². The van der Waals surface area contributed by atoms with E-state index in [2.05, 4.69) is 23.6 Å². The van der Waals surface area contributed by atoms with Crippen LogP contribution in [0.1, 0.15) is 12.8 Å². The van der Waals surface area contributed by atoms with E-state index in [-0.39, 0.29) is 5.91 Å². The number of thiocarbonyl (C=S) groups is 1. The van der Waals surface area contributed by atoms with Crippen LogP contribution >= 0.6 is 24.0 Å². The van der Waals surface area contributed by atoms with Crippen LogP contribution in [-0.4, -0.2) is 54.0 Å². The van der Waals surface area contributed by atoms with Gasteiger partial charge in [0.2, 0.25) is 0 Å². The van der Waals surface area contributed by atoms with Gasteiger partial charge in [0.25, 0.3) is 5.91 Å². The van der Waals surface area contributed by atoms with Gasteiger partial charge in [0, 0.05) is 31.6 Å². The number of likely N-dealkylation sites (N-methyl/N-ethyl adjacent to an activating group) is 2. The predicted molar refractivity (Wildman–Crippen MR) is 119 cm³/mol. The molecule has 152 valence electrons. The first kappa shape index (κ1) is 21.1. The van der Waals surface area contributed by atoms with Crippen LogP contribution in [0.5, 0.6) is 0 Å². The van der Waals surface area contributed by atoms with Crippen molar-refractivity contribution < 1.29 is 14.3 Å². The summed E-state index contributed by atoms with van der Waals surface area (Å²) in [6.07, 6.45) is 6.59. The molecule has 0 bridgehead atoms. The Balaban J connectivity index is 1.73. The lowest BCUT2D eigenvalue weighted by molar-refractivity contribution is -0.137. The van der Waals surface area contributed by atoms with Gasteiger partial charge in [-0.3, -0.25) is 9.69 Å². The molecular formula is C21H23N3O3S2. The van der Waals surface area contributed by atoms with Crippen LogP contribution in [0.25, 0.3) is 0 Å². The van der Waals surface area contributed by atoms with E-state index in [9.17, 15) is 9.59 Å². The Labute approximate surface area is 180 Å². The van der Waals surface area contributed by atoms with E-state index in [1.54, 1.807) is 30.8 Å². The smallest absolute Gasteiger partial charge is 0.330 e. The molecule has 2 aliphatic heterocycles. The van der Waals surface area contributed by atoms with Crippen molar-refractivity contribution in [1.29, 1.82) is 0 Å². The van der Waals surface area contributed by atoms with E-state index in [0.29, 0.717) is 17.4 Å². The van der Waals surface area contributed by atoms with Gasteiger partial charge >= 0.3 is 5.97 Å². The molecular weight excluding hydrogens is 406 g/mol. The Kier molecular flexibility index (Phi) is 6.76. The highest BCUT2D eigenvalue weighted by atomic mass is 32.2. The van der Waals surface area contributed by atoms with Crippen molar-refractivity contribution in [1.82, 2.24) is 9.80 Å². The van der Waals surface area contributed by atoms with Crippen LogP contribution in [0.2, 0.25) is 0 Å². The SMILES string of the molecule is C=CC(=O)OCCCCN1C(=CC=C2C(=O)N(C)C(=S)N2C)Sc2ccccc21. The highest BCUT2D eigenvalue weighted by Gasteiger charge is 2.32. The number of carbonyl (C=O) groups is 2. The molecule has 0 saturated carbocycles. The number of rotatable bonds is 7. The number of esters is 1. The minimum absolute atomic E-state index is 0.106. The fraction of sp³-hybridized carbons (Fsp3) is 0.286. The maximum atomic E-state index is 12.4. The van der Waals surface area contributed by atoms with Gasteiger partial charge in [0.15, 0.2) is 5.11 Å². The minimum atomic E-state index is -0.396. The molecule has 0 aromatic heterocycles. The Morgan fingerprint density at radius 2 is 1.97 bits per heavy atom. The average molecular weight is 430 g/mol. The molecule has 2 heterocycles. The van der Waals surface area contributed by atoms with E-state index in [1.165, 1.54) is 15.9 Å². The Morgan fingerprint density at radius 1 is 1.21 bits per heavy atom. The number of amides is 1. The minimum Gasteiger partial charge on any atom is -0.463 e. The number of fused-ring (bicyclic) bond motifs is 1. The van der Waals surface area contributed by atoms with Gasteiger partial charge in [-0.1, -0.05) is 30.5 Å². The van der Waals surface area contributed by atoms with Gasteiger partial charge in [-0.25, -0.2) is 4.79 Å². The topological polar surface area (TPSA) is 53.1 Å². The van der Waals surface area contributed by atoms with Crippen molar-refractivity contribution >= 4 is 46.7 Å². The van der Waals surface area contributed by atoms with Gasteiger partial charge in [-0.05, 0) is 49.3 Å². The molecule has 3 rings (SSSR count). The monoisotopic (exact) mass is 429 g/mol. The second-order valence-electron chi connectivity index (χ2n) is 6.56. The van der Waals surface area contributed by atoms with Gasteiger partial charge in [-0.15, -0.1) is 0 Å². The van der Waals surface area contributed by atoms with Crippen LogP contribution < -0.4 is 4.90 Å². The Morgan fingerprint density at radius 3 is 2.66 bits per heavy atom. The molecule has 29 heavy (non-hydrogen) atoms. The van der Waals surface area contributed by atoms with Gasteiger partial charge in [-0.2, -0.15) is 0 Å². The second-order valence-corrected chi connectivity index (χ2v) is 7.99. The highest BCUT2D eigenvalue weighted by Crippen LogP contribution is 2.45. The molecule has 0 spiro atoms. The predicted octanol–water partition coefficient (Wildman–Crippen LogP) is 3.52. The van der Waals surface area contributed by atoms with Gasteiger partial charge < -0.3 is 14.5 Å². The zero-order valence-electron chi connectivity index (χ0n) is 16.5. The first-order valence-corrected chi connectivity index (χ1v) is 10.5. The molecule has 8 heteroatoms. The fourth-order valence-corrected chi connectivity index (χ4v) is 4.35. The number of carbonyl (C=O) groups excluding carboxylic acids is 2. The summed E-state index contributed by atoms with van der Waals surface area (Å²) < 4.78 is 5.05. The van der Waals surface area contributed by atoms with E-state index >= 15 is 0 Å². The lowest BCUT2D eigenvalue weighted by Gasteiger charge is -2.20. The summed E-state index contributed by atoms with van der Waals surface area (Å²) >= 11 is 6.94. The zero-order valence-corrected chi connectivity index (χ0v) is 18.1. The molecule has 1 fully saturated rings. The fourth-order valence-electron chi connectivity index (χ4n) is 3.07. The quantitative estimate of drug-likeness (QED) is 0.284. The van der Waals surface area contributed by atoms with E-state index in [1.807, 2.05) is 24.3 Å². The first-order valence-electron chi connectivity index (χ1n) is 9.25. The third kappa shape index (κ3) is 4.54. The number of nitrogens with zero attached hydrogens (tertiary/aromatic N) is 3. The number of hydrogen-bond donors (Lipinski definition) is 0. The number of allylic oxidation sites excluding steroid dienone is 2. The van der Waals surface area contributed by atoms with Crippen LogP contribution in [0.3, 0.4) is 0 Å². The van der Waals surface area contributed by atoms with Crippen molar-refractivity contribution in [2.45, 2.75) is 17.7 Å². The molecule has 1 amide bonds. The normalized spacial score (nSPS) is 18.8. The molecule has 1 aromatic rings. The van der Waals surface area contributed by atoms with Gasteiger partial charge in [0.05, 0.1) is 17.3 Å². The molecule has 2 aliphatic rings. The highest BCUT2D eigenvalue weighted by molar-refractivity contribution is 8.03. The van der Waals surface area contributed by atoms with E-state index < -0.39 is 5.97 Å². The molecule has 0 unspecified atom stereocenters. The Bertz CT molecular complexity index is 910. The molecule has 1 saturated heterocycles. The number of anilines is 1. The summed E-state index contributed by atoms with van der Waals surface area (Å²) in [6, 6.07) is 8.20. The van der Waals surface area contributed by atoms with Crippen molar-refractivity contribution in [2.75, 3.05) is 32.1 Å². The van der Waals surface area contributed by atoms with E-state index in [4.69, 9.17) is 17.0 Å². The number of hydrogen-bond acceptors (Lipinski definition) is 6. The number of unbranched alkanes of at least 4 members (excludes halogenated alkanes) is 1. The van der Waals surface area contributed by atoms with Crippen LogP contribution in [0, 0.1) is 0 Å². The summed E-state index contributed by atoms with van der Waals surface area (Å²) in [7, 11) is 3.48. The molecule has 0 atom stereocenters. The number of benzene rings is 1. The standard InChI is InChI=1S/C21H23N3O3S2/c1-4-19(25)27-14-8-7-13-24-15-9-5-6-10-17(15)29-18(24)12-11-16-20(26)23(3)21(28)22(16)2/h4-6,9-12H,1,7-8,13-14H2,2-3H3. The summed E-state index contributed by atoms with van der Waals surface area (Å²) in [6.45, 7) is 4.55. The summed E-state index contributed by atoms with van der Waals surface area (Å²) in [4.78, 5) is 30.1. The largest absolute Gasteiger partial charge is 0.463 e. The molecule has 1 aromatic carbocycles. The number of ether oxygens (including phenoxy) is 1. The van der Waals surface area contributed by atoms with Crippen molar-refractivity contribution in [3.63, 3.8) is 0 Å². The maximum Gasteiger partial charge on any atom is 0.330 e. The summed E-state index contributed by atoms with van der Waals surface area (Å²) in [5, 5.41) is 1.54. The molecule has 6 nitrogen and oxygen atoms in total. The van der Waals surface area contributed by atoms with Crippen molar-refractivity contribution in [2.24, 2.45) is 0 Å². The maximum absolute atomic E-state index is 12.4. The molecule has 0 aliphatic carbocycles. The third-order valence-corrected chi connectivity index (χ3v) is 6.34. The third-order valence-electron chi connectivity index (χ3n) is 4.67. The summed E-state index contributed by atoms with van der Waals surface area (Å²) in [5.74, 6) is -0.502. The van der Waals surface area contributed by atoms with Crippen molar-refractivity contribution in [3.8, 4) is 0 Å². The van der Waals surface area contributed by atoms with E-state index in [0.717, 1.165) is 30.1 Å². The lowest BCUT2D eigenvalue weighted by Crippen LogP contribution is -2.26. The number of para-hydroxylation sites is 1. The second kappa shape index (κ2) is 9.28.